The Kier molecular flexibility index (Phi) is 4.54. The van der Waals surface area contributed by atoms with Crippen molar-refractivity contribution in [2.45, 2.75) is 45.1 Å². The van der Waals surface area contributed by atoms with Crippen LogP contribution in [-0.2, 0) is 9.53 Å². The van der Waals surface area contributed by atoms with Crippen LogP contribution in [0.2, 0.25) is 0 Å². The zero-order valence-electron chi connectivity index (χ0n) is 9.37. The van der Waals surface area contributed by atoms with Crippen LogP contribution in [0.5, 0.6) is 0 Å². The number of carbonyl (C=O) groups is 1. The monoisotopic (exact) mass is 215 g/mol. The highest BCUT2D eigenvalue weighted by Gasteiger charge is 2.37. The van der Waals surface area contributed by atoms with Crippen molar-refractivity contribution in [2.24, 2.45) is 11.1 Å². The SMILES string of the molecule is CCCC1CC(CN)(CC(=O)O)CCO1. The van der Waals surface area contributed by atoms with E-state index in [9.17, 15) is 4.79 Å². The first-order valence-corrected chi connectivity index (χ1v) is 5.65. The molecule has 0 bridgehead atoms. The first-order chi connectivity index (χ1) is 7.12. The zero-order chi connectivity index (χ0) is 11.3. The fraction of sp³-hybridized carbons (Fsp3) is 0.909. The first-order valence-electron chi connectivity index (χ1n) is 5.65. The molecule has 1 saturated heterocycles. The number of carboxylic acids is 1. The summed E-state index contributed by atoms with van der Waals surface area (Å²) < 4.78 is 5.61. The first kappa shape index (κ1) is 12.5. The van der Waals surface area contributed by atoms with Gasteiger partial charge in [0.1, 0.15) is 0 Å². The lowest BCUT2D eigenvalue weighted by atomic mass is 9.74. The van der Waals surface area contributed by atoms with Crippen molar-refractivity contribution in [2.75, 3.05) is 13.2 Å². The number of nitrogens with two attached hydrogens (primary N) is 1. The van der Waals surface area contributed by atoms with E-state index in [1.54, 1.807) is 0 Å². The minimum atomic E-state index is -0.752. The van der Waals surface area contributed by atoms with E-state index in [1.165, 1.54) is 0 Å². The van der Waals surface area contributed by atoms with E-state index in [0.717, 1.165) is 25.7 Å². The molecule has 1 fully saturated rings. The Morgan fingerprint density at radius 1 is 1.67 bits per heavy atom. The van der Waals surface area contributed by atoms with Gasteiger partial charge in [0.15, 0.2) is 0 Å². The highest BCUT2D eigenvalue weighted by molar-refractivity contribution is 5.67. The van der Waals surface area contributed by atoms with Gasteiger partial charge in [0.25, 0.3) is 0 Å². The molecule has 0 saturated carbocycles. The van der Waals surface area contributed by atoms with E-state index in [-0.39, 0.29) is 17.9 Å². The van der Waals surface area contributed by atoms with Crippen LogP contribution < -0.4 is 5.73 Å². The van der Waals surface area contributed by atoms with Gasteiger partial charge >= 0.3 is 5.97 Å². The number of ether oxygens (including phenoxy) is 1. The van der Waals surface area contributed by atoms with Gasteiger partial charge in [-0.1, -0.05) is 13.3 Å². The molecule has 4 nitrogen and oxygen atoms in total. The van der Waals surface area contributed by atoms with Gasteiger partial charge in [-0.15, -0.1) is 0 Å². The number of hydrogen-bond acceptors (Lipinski definition) is 3. The van der Waals surface area contributed by atoms with Gasteiger partial charge < -0.3 is 15.6 Å². The molecule has 0 amide bonds. The number of aliphatic carboxylic acids is 1. The Bertz CT molecular complexity index is 218. The maximum absolute atomic E-state index is 10.8. The molecule has 1 aliphatic heterocycles. The average Bonchev–Trinajstić information content (AvgIpc) is 2.18. The second-order valence-electron chi connectivity index (χ2n) is 4.51. The minimum absolute atomic E-state index is 0.174. The topological polar surface area (TPSA) is 72.6 Å². The summed E-state index contributed by atoms with van der Waals surface area (Å²) in [4.78, 5) is 10.8. The van der Waals surface area contributed by atoms with E-state index in [4.69, 9.17) is 15.6 Å². The lowest BCUT2D eigenvalue weighted by Gasteiger charge is -2.39. The Balaban J connectivity index is 2.59. The maximum Gasteiger partial charge on any atom is 0.303 e. The molecule has 1 rings (SSSR count). The van der Waals surface area contributed by atoms with Crippen LogP contribution in [0, 0.1) is 5.41 Å². The van der Waals surface area contributed by atoms with E-state index in [1.807, 2.05) is 0 Å². The third kappa shape index (κ3) is 3.47. The summed E-state index contributed by atoms with van der Waals surface area (Å²) in [7, 11) is 0. The van der Waals surface area contributed by atoms with E-state index in [0.29, 0.717) is 13.2 Å². The third-order valence-electron chi connectivity index (χ3n) is 3.22. The predicted molar refractivity (Wildman–Crippen MR) is 57.6 cm³/mol. The molecule has 1 aliphatic rings. The van der Waals surface area contributed by atoms with Crippen molar-refractivity contribution < 1.29 is 14.6 Å². The third-order valence-corrected chi connectivity index (χ3v) is 3.22. The quantitative estimate of drug-likeness (QED) is 0.726. The Morgan fingerprint density at radius 2 is 2.40 bits per heavy atom. The molecule has 0 aromatic heterocycles. The highest BCUT2D eigenvalue weighted by Crippen LogP contribution is 2.37. The largest absolute Gasteiger partial charge is 0.481 e. The summed E-state index contributed by atoms with van der Waals surface area (Å²) >= 11 is 0. The van der Waals surface area contributed by atoms with Gasteiger partial charge in [0.05, 0.1) is 12.5 Å². The van der Waals surface area contributed by atoms with Gasteiger partial charge in [-0.25, -0.2) is 0 Å². The van der Waals surface area contributed by atoms with E-state index in [2.05, 4.69) is 6.92 Å². The molecule has 3 N–H and O–H groups in total. The van der Waals surface area contributed by atoms with Crippen molar-refractivity contribution in [1.29, 1.82) is 0 Å². The highest BCUT2D eigenvalue weighted by atomic mass is 16.5. The molecule has 0 spiro atoms. The predicted octanol–water partition coefficient (Wildman–Crippen LogP) is 1.39. The Labute approximate surface area is 90.8 Å². The molecule has 0 aromatic carbocycles. The molecule has 2 atom stereocenters. The number of hydrogen-bond donors (Lipinski definition) is 2. The molecule has 0 radical (unpaired) electrons. The van der Waals surface area contributed by atoms with Crippen molar-refractivity contribution in [3.63, 3.8) is 0 Å². The Hall–Kier alpha value is -0.610. The summed E-state index contributed by atoms with van der Waals surface area (Å²) in [5.41, 5.74) is 5.49. The fourth-order valence-corrected chi connectivity index (χ4v) is 2.33. The summed E-state index contributed by atoms with van der Waals surface area (Å²) in [6, 6.07) is 0. The van der Waals surface area contributed by atoms with Crippen LogP contribution in [0.1, 0.15) is 39.0 Å². The van der Waals surface area contributed by atoms with Gasteiger partial charge in [-0.3, -0.25) is 4.79 Å². The lowest BCUT2D eigenvalue weighted by Crippen LogP contribution is -2.42. The second-order valence-corrected chi connectivity index (χ2v) is 4.51. The van der Waals surface area contributed by atoms with Crippen molar-refractivity contribution in [1.82, 2.24) is 0 Å². The van der Waals surface area contributed by atoms with Gasteiger partial charge in [-0.05, 0) is 31.2 Å². The molecule has 0 aliphatic carbocycles. The van der Waals surface area contributed by atoms with Crippen molar-refractivity contribution in [3.05, 3.63) is 0 Å². The summed E-state index contributed by atoms with van der Waals surface area (Å²) in [5, 5.41) is 8.88. The smallest absolute Gasteiger partial charge is 0.303 e. The van der Waals surface area contributed by atoms with Crippen LogP contribution in [0.15, 0.2) is 0 Å². The van der Waals surface area contributed by atoms with Gasteiger partial charge in [0, 0.05) is 6.61 Å². The molecular weight excluding hydrogens is 194 g/mol. The van der Waals surface area contributed by atoms with Crippen LogP contribution in [-0.4, -0.2) is 30.3 Å². The summed E-state index contributed by atoms with van der Waals surface area (Å²) in [6.07, 6.45) is 4.01. The van der Waals surface area contributed by atoms with Gasteiger partial charge in [0.2, 0.25) is 0 Å². The summed E-state index contributed by atoms with van der Waals surface area (Å²) in [5.74, 6) is -0.752. The normalized spacial score (nSPS) is 31.5. The van der Waals surface area contributed by atoms with Crippen LogP contribution in [0.25, 0.3) is 0 Å². The molecule has 4 heteroatoms. The van der Waals surface area contributed by atoms with Gasteiger partial charge in [-0.2, -0.15) is 0 Å². The molecule has 15 heavy (non-hydrogen) atoms. The van der Waals surface area contributed by atoms with E-state index >= 15 is 0 Å². The molecule has 1 heterocycles. The maximum atomic E-state index is 10.8. The zero-order valence-corrected chi connectivity index (χ0v) is 9.37. The fourth-order valence-electron chi connectivity index (χ4n) is 2.33. The van der Waals surface area contributed by atoms with Crippen molar-refractivity contribution >= 4 is 5.97 Å². The Morgan fingerprint density at radius 3 is 2.93 bits per heavy atom. The van der Waals surface area contributed by atoms with E-state index < -0.39 is 5.97 Å². The average molecular weight is 215 g/mol. The molecular formula is C11H21NO3. The standard InChI is InChI=1S/C11H21NO3/c1-2-3-9-6-11(8-12,4-5-15-9)7-10(13)14/h9H,2-8,12H2,1H3,(H,13,14). The molecule has 0 aromatic rings. The van der Waals surface area contributed by atoms with Crippen LogP contribution in [0.3, 0.4) is 0 Å². The lowest BCUT2D eigenvalue weighted by molar-refractivity contribution is -0.142. The number of rotatable bonds is 5. The molecule has 88 valence electrons. The van der Waals surface area contributed by atoms with Crippen LogP contribution in [0.4, 0.5) is 0 Å². The second kappa shape index (κ2) is 5.47. The summed E-state index contributed by atoms with van der Waals surface area (Å²) in [6.45, 7) is 3.21. The van der Waals surface area contributed by atoms with Crippen molar-refractivity contribution in [3.8, 4) is 0 Å². The molecule has 2 unspecified atom stereocenters. The van der Waals surface area contributed by atoms with Crippen LogP contribution >= 0.6 is 0 Å². The minimum Gasteiger partial charge on any atom is -0.481 e. The number of carboxylic acid groups (broad SMARTS) is 1.